The highest BCUT2D eigenvalue weighted by molar-refractivity contribution is 7.15. The molecule has 0 radical (unpaired) electrons. The molecular formula is C16H17NO3S2. The van der Waals surface area contributed by atoms with E-state index in [0.29, 0.717) is 29.5 Å². The number of thiophene rings is 2. The maximum absolute atomic E-state index is 12.2. The van der Waals surface area contributed by atoms with Crippen molar-refractivity contribution in [1.82, 2.24) is 0 Å². The van der Waals surface area contributed by atoms with E-state index in [-0.39, 0.29) is 11.9 Å². The lowest BCUT2D eigenvalue weighted by molar-refractivity contribution is -0.115. The molecule has 0 bridgehead atoms. The Bertz CT molecular complexity index is 672. The minimum atomic E-state index is -0.336. The molecule has 2 heterocycles. The Morgan fingerprint density at radius 3 is 2.82 bits per heavy atom. The Balaban J connectivity index is 1.77. The van der Waals surface area contributed by atoms with E-state index in [0.717, 1.165) is 23.3 Å². The molecule has 1 fully saturated rings. The predicted molar refractivity (Wildman–Crippen MR) is 88.9 cm³/mol. The normalized spacial score (nSPS) is 13.9. The molecule has 22 heavy (non-hydrogen) atoms. The van der Waals surface area contributed by atoms with Gasteiger partial charge in [0.05, 0.1) is 18.6 Å². The fourth-order valence-electron chi connectivity index (χ4n) is 2.31. The number of rotatable bonds is 6. The van der Waals surface area contributed by atoms with Gasteiger partial charge < -0.3 is 10.1 Å². The van der Waals surface area contributed by atoms with Crippen LogP contribution in [0.5, 0.6) is 0 Å². The summed E-state index contributed by atoms with van der Waals surface area (Å²) < 4.78 is 5.15. The summed E-state index contributed by atoms with van der Waals surface area (Å²) in [7, 11) is 0. The number of esters is 1. The van der Waals surface area contributed by atoms with E-state index in [2.05, 4.69) is 5.32 Å². The summed E-state index contributed by atoms with van der Waals surface area (Å²) in [4.78, 5) is 25.4. The highest BCUT2D eigenvalue weighted by atomic mass is 32.1. The number of ether oxygens (including phenoxy) is 1. The van der Waals surface area contributed by atoms with Gasteiger partial charge in [-0.2, -0.15) is 0 Å². The van der Waals surface area contributed by atoms with Crippen LogP contribution in [-0.4, -0.2) is 18.5 Å². The van der Waals surface area contributed by atoms with E-state index in [1.54, 1.807) is 18.3 Å². The second-order valence-corrected chi connectivity index (χ2v) is 7.11. The van der Waals surface area contributed by atoms with E-state index in [1.165, 1.54) is 11.3 Å². The zero-order valence-electron chi connectivity index (χ0n) is 12.3. The van der Waals surface area contributed by atoms with E-state index in [1.807, 2.05) is 22.9 Å². The average Bonchev–Trinajstić information content (AvgIpc) is 3.04. The lowest BCUT2D eigenvalue weighted by Crippen LogP contribution is -2.16. The van der Waals surface area contributed by atoms with Gasteiger partial charge in [-0.05, 0) is 48.1 Å². The maximum Gasteiger partial charge on any atom is 0.341 e. The summed E-state index contributed by atoms with van der Waals surface area (Å²) in [5, 5.41) is 7.41. The molecule has 0 unspecified atom stereocenters. The van der Waals surface area contributed by atoms with Gasteiger partial charge in [-0.3, -0.25) is 4.79 Å². The minimum Gasteiger partial charge on any atom is -0.462 e. The SMILES string of the molecule is CCOC(=O)c1c(C2CC2)csc1NC(=O)Cc1cccs1. The highest BCUT2D eigenvalue weighted by Gasteiger charge is 2.32. The summed E-state index contributed by atoms with van der Waals surface area (Å²) >= 11 is 2.96. The maximum atomic E-state index is 12.2. The number of amides is 1. The monoisotopic (exact) mass is 335 g/mol. The number of hydrogen-bond donors (Lipinski definition) is 1. The Morgan fingerprint density at radius 1 is 1.36 bits per heavy atom. The van der Waals surface area contributed by atoms with Gasteiger partial charge in [-0.25, -0.2) is 4.79 Å². The molecule has 1 amide bonds. The predicted octanol–water partition coefficient (Wildman–Crippen LogP) is 4.04. The first-order chi connectivity index (χ1) is 10.7. The van der Waals surface area contributed by atoms with Crippen molar-refractivity contribution in [2.75, 3.05) is 11.9 Å². The fourth-order valence-corrected chi connectivity index (χ4v) is 4.06. The Morgan fingerprint density at radius 2 is 2.18 bits per heavy atom. The van der Waals surface area contributed by atoms with Crippen LogP contribution in [0.2, 0.25) is 0 Å². The highest BCUT2D eigenvalue weighted by Crippen LogP contribution is 2.46. The minimum absolute atomic E-state index is 0.0998. The summed E-state index contributed by atoms with van der Waals surface area (Å²) in [6.45, 7) is 2.12. The smallest absolute Gasteiger partial charge is 0.341 e. The second-order valence-electron chi connectivity index (χ2n) is 5.19. The molecule has 6 heteroatoms. The van der Waals surface area contributed by atoms with Crippen LogP contribution < -0.4 is 5.32 Å². The van der Waals surface area contributed by atoms with Gasteiger partial charge in [0, 0.05) is 4.88 Å². The first-order valence-electron chi connectivity index (χ1n) is 7.29. The van der Waals surface area contributed by atoms with Gasteiger partial charge in [0.2, 0.25) is 5.91 Å². The molecule has 0 saturated heterocycles. The third-order valence-electron chi connectivity index (χ3n) is 3.48. The van der Waals surface area contributed by atoms with Crippen LogP contribution >= 0.6 is 22.7 Å². The second kappa shape index (κ2) is 6.62. The van der Waals surface area contributed by atoms with Crippen LogP contribution in [0.1, 0.15) is 46.5 Å². The van der Waals surface area contributed by atoms with Crippen molar-refractivity contribution in [3.63, 3.8) is 0 Å². The molecule has 0 atom stereocenters. The third-order valence-corrected chi connectivity index (χ3v) is 5.27. The van der Waals surface area contributed by atoms with E-state index < -0.39 is 0 Å². The van der Waals surface area contributed by atoms with E-state index >= 15 is 0 Å². The van der Waals surface area contributed by atoms with Gasteiger partial charge in [0.1, 0.15) is 5.00 Å². The molecule has 4 nitrogen and oxygen atoms in total. The molecule has 2 aromatic rings. The van der Waals surface area contributed by atoms with Crippen LogP contribution in [-0.2, 0) is 16.0 Å². The van der Waals surface area contributed by atoms with Crippen molar-refractivity contribution in [1.29, 1.82) is 0 Å². The van der Waals surface area contributed by atoms with Crippen LogP contribution in [0.3, 0.4) is 0 Å². The average molecular weight is 335 g/mol. The van der Waals surface area contributed by atoms with Gasteiger partial charge in [0.25, 0.3) is 0 Å². The molecule has 1 aliphatic rings. The molecule has 1 N–H and O–H groups in total. The first-order valence-corrected chi connectivity index (χ1v) is 9.05. The van der Waals surface area contributed by atoms with Crippen LogP contribution in [0.4, 0.5) is 5.00 Å². The quantitative estimate of drug-likeness (QED) is 0.811. The molecule has 0 aliphatic heterocycles. The number of carbonyl (C=O) groups is 2. The molecule has 116 valence electrons. The van der Waals surface area contributed by atoms with Crippen LogP contribution in [0.15, 0.2) is 22.9 Å². The van der Waals surface area contributed by atoms with Crippen molar-refractivity contribution in [2.24, 2.45) is 0 Å². The molecule has 1 aliphatic carbocycles. The number of nitrogens with one attached hydrogen (secondary N) is 1. The van der Waals surface area contributed by atoms with Crippen molar-refractivity contribution in [2.45, 2.75) is 32.1 Å². The summed E-state index contributed by atoms with van der Waals surface area (Å²) in [5.74, 6) is 0.00729. The number of hydrogen-bond acceptors (Lipinski definition) is 5. The topological polar surface area (TPSA) is 55.4 Å². The lowest BCUT2D eigenvalue weighted by Gasteiger charge is -2.08. The molecule has 3 rings (SSSR count). The summed E-state index contributed by atoms with van der Waals surface area (Å²) in [5.41, 5.74) is 1.57. The number of carbonyl (C=O) groups excluding carboxylic acids is 2. The molecule has 2 aromatic heterocycles. The fraction of sp³-hybridized carbons (Fsp3) is 0.375. The Hall–Kier alpha value is -1.66. The van der Waals surface area contributed by atoms with Crippen molar-refractivity contribution in [3.05, 3.63) is 38.9 Å². The van der Waals surface area contributed by atoms with Gasteiger partial charge in [-0.1, -0.05) is 6.07 Å². The number of anilines is 1. The molecule has 1 saturated carbocycles. The van der Waals surface area contributed by atoms with E-state index in [9.17, 15) is 9.59 Å². The van der Waals surface area contributed by atoms with Gasteiger partial charge in [0.15, 0.2) is 0 Å². The molecule has 0 aromatic carbocycles. The van der Waals surface area contributed by atoms with Crippen molar-refractivity contribution < 1.29 is 14.3 Å². The van der Waals surface area contributed by atoms with Gasteiger partial charge >= 0.3 is 5.97 Å². The Kier molecular flexibility index (Phi) is 4.59. The standard InChI is InChI=1S/C16H17NO3S2/c1-2-20-16(19)14-12(10-5-6-10)9-22-15(14)17-13(18)8-11-4-3-7-21-11/h3-4,7,9-10H,2,5-6,8H2,1H3,(H,17,18). The zero-order chi connectivity index (χ0) is 15.5. The van der Waals surface area contributed by atoms with Crippen molar-refractivity contribution >= 4 is 39.6 Å². The largest absolute Gasteiger partial charge is 0.462 e. The third kappa shape index (κ3) is 3.39. The summed E-state index contributed by atoms with van der Waals surface area (Å²) in [6, 6.07) is 3.86. The van der Waals surface area contributed by atoms with Gasteiger partial charge in [-0.15, -0.1) is 22.7 Å². The van der Waals surface area contributed by atoms with E-state index in [4.69, 9.17) is 4.74 Å². The van der Waals surface area contributed by atoms with Crippen LogP contribution in [0, 0.1) is 0 Å². The lowest BCUT2D eigenvalue weighted by atomic mass is 10.1. The van der Waals surface area contributed by atoms with Crippen LogP contribution in [0.25, 0.3) is 0 Å². The molecule has 0 spiro atoms. The zero-order valence-corrected chi connectivity index (χ0v) is 13.9. The van der Waals surface area contributed by atoms with Crippen molar-refractivity contribution in [3.8, 4) is 0 Å². The first kappa shape index (κ1) is 15.2. The molecular weight excluding hydrogens is 318 g/mol. The summed E-state index contributed by atoms with van der Waals surface area (Å²) in [6.07, 6.45) is 2.54. The Labute approximate surface area is 137 Å².